The van der Waals surface area contributed by atoms with Gasteiger partial charge in [-0.15, -0.1) is 0 Å². The lowest BCUT2D eigenvalue weighted by molar-refractivity contribution is -0.144. The summed E-state index contributed by atoms with van der Waals surface area (Å²) in [5, 5.41) is 1.95. The van der Waals surface area contributed by atoms with Crippen LogP contribution in [0.1, 0.15) is 10.4 Å². The van der Waals surface area contributed by atoms with Crippen LogP contribution in [0, 0.1) is 0 Å². The first-order chi connectivity index (χ1) is 11.7. The van der Waals surface area contributed by atoms with Gasteiger partial charge in [0.25, 0.3) is 0 Å². The number of hydrogen-bond donors (Lipinski definition) is 0. The molecule has 0 aliphatic rings. The zero-order valence-corrected chi connectivity index (χ0v) is 13.0. The fraction of sp³-hybridized carbons (Fsp3) is 0.100. The summed E-state index contributed by atoms with van der Waals surface area (Å²) in [6.45, 7) is -0.530. The number of hydrogen-bond acceptors (Lipinski definition) is 4. The molecule has 24 heavy (non-hydrogen) atoms. The maximum atomic E-state index is 11.9. The Morgan fingerprint density at radius 2 is 1.46 bits per heavy atom. The normalized spacial score (nSPS) is 10.3. The molecule has 3 aromatic carbocycles. The zero-order chi connectivity index (χ0) is 16.8. The Morgan fingerprint density at radius 1 is 0.750 bits per heavy atom. The lowest BCUT2D eigenvalue weighted by Crippen LogP contribution is -2.19. The van der Waals surface area contributed by atoms with Gasteiger partial charge in [-0.1, -0.05) is 66.7 Å². The van der Waals surface area contributed by atoms with E-state index in [0.29, 0.717) is 11.3 Å². The Hall–Kier alpha value is -3.14. The van der Waals surface area contributed by atoms with Gasteiger partial charge in [-0.2, -0.15) is 0 Å². The van der Waals surface area contributed by atoms with E-state index in [1.807, 2.05) is 42.5 Å². The van der Waals surface area contributed by atoms with Crippen LogP contribution >= 0.6 is 0 Å². The zero-order valence-electron chi connectivity index (χ0n) is 13.0. The standard InChI is InChI=1S/C20H16O4/c21-18(16-8-2-1-3-9-16)13-24-20(22)14-23-19-12-6-10-15-7-4-5-11-17(15)19/h1-12H,13-14H2. The van der Waals surface area contributed by atoms with E-state index in [1.165, 1.54) is 0 Å². The van der Waals surface area contributed by atoms with Gasteiger partial charge in [-0.05, 0) is 11.5 Å². The second kappa shape index (κ2) is 7.42. The fourth-order valence-corrected chi connectivity index (χ4v) is 2.35. The number of esters is 1. The topological polar surface area (TPSA) is 52.6 Å². The Bertz CT molecular complexity index is 850. The minimum Gasteiger partial charge on any atom is -0.481 e. The summed E-state index contributed by atoms with van der Waals surface area (Å²) in [6.07, 6.45) is 0. The number of benzene rings is 3. The van der Waals surface area contributed by atoms with Crippen LogP contribution in [0.25, 0.3) is 10.8 Å². The number of ketones is 1. The smallest absolute Gasteiger partial charge is 0.344 e. The summed E-state index contributed by atoms with van der Waals surface area (Å²) < 4.78 is 10.5. The van der Waals surface area contributed by atoms with Gasteiger partial charge >= 0.3 is 5.97 Å². The first-order valence-corrected chi connectivity index (χ1v) is 7.58. The van der Waals surface area contributed by atoms with Crippen LogP contribution in [0.3, 0.4) is 0 Å². The molecular weight excluding hydrogens is 304 g/mol. The SMILES string of the molecule is O=C(COc1cccc2ccccc12)OCC(=O)c1ccccc1. The molecule has 0 saturated heterocycles. The van der Waals surface area contributed by atoms with E-state index in [2.05, 4.69) is 0 Å². The van der Waals surface area contributed by atoms with Gasteiger partial charge in [0.05, 0.1) is 0 Å². The maximum absolute atomic E-state index is 11.9. The van der Waals surface area contributed by atoms with Gasteiger partial charge in [0.2, 0.25) is 0 Å². The van der Waals surface area contributed by atoms with E-state index in [0.717, 1.165) is 10.8 Å². The molecule has 0 aromatic heterocycles. The lowest BCUT2D eigenvalue weighted by atomic mass is 10.1. The molecule has 0 atom stereocenters. The van der Waals surface area contributed by atoms with Crippen LogP contribution in [0.2, 0.25) is 0 Å². The Kier molecular flexibility index (Phi) is 4.87. The van der Waals surface area contributed by atoms with Crippen molar-refractivity contribution in [3.63, 3.8) is 0 Å². The Labute approximate surface area is 139 Å². The second-order valence-corrected chi connectivity index (χ2v) is 5.22. The van der Waals surface area contributed by atoms with E-state index >= 15 is 0 Å². The number of Topliss-reactive ketones (excluding diaryl/α,β-unsaturated/α-hetero) is 1. The van der Waals surface area contributed by atoms with Crippen LogP contribution in [0.4, 0.5) is 0 Å². The summed E-state index contributed by atoms with van der Waals surface area (Å²) in [5.41, 5.74) is 0.514. The van der Waals surface area contributed by atoms with Crippen molar-refractivity contribution < 1.29 is 19.1 Å². The van der Waals surface area contributed by atoms with E-state index in [4.69, 9.17) is 9.47 Å². The van der Waals surface area contributed by atoms with Crippen molar-refractivity contribution in [2.75, 3.05) is 13.2 Å². The molecule has 0 fully saturated rings. The first kappa shape index (κ1) is 15.7. The number of ether oxygens (including phenoxy) is 2. The monoisotopic (exact) mass is 320 g/mol. The van der Waals surface area contributed by atoms with Gasteiger partial charge in [-0.3, -0.25) is 4.79 Å². The number of carbonyl (C=O) groups is 2. The van der Waals surface area contributed by atoms with Crippen LogP contribution in [0.15, 0.2) is 72.8 Å². The van der Waals surface area contributed by atoms with Crippen LogP contribution in [-0.4, -0.2) is 25.0 Å². The highest BCUT2D eigenvalue weighted by Crippen LogP contribution is 2.24. The van der Waals surface area contributed by atoms with Crippen molar-refractivity contribution in [3.8, 4) is 5.75 Å². The molecule has 0 radical (unpaired) electrons. The van der Waals surface area contributed by atoms with Gasteiger partial charge < -0.3 is 9.47 Å². The molecule has 3 aromatic rings. The number of fused-ring (bicyclic) bond motifs is 1. The van der Waals surface area contributed by atoms with Gasteiger partial charge in [0.1, 0.15) is 5.75 Å². The maximum Gasteiger partial charge on any atom is 0.344 e. The Morgan fingerprint density at radius 3 is 2.29 bits per heavy atom. The lowest BCUT2D eigenvalue weighted by Gasteiger charge is -2.09. The molecule has 4 heteroatoms. The predicted molar refractivity (Wildman–Crippen MR) is 91.2 cm³/mol. The predicted octanol–water partition coefficient (Wildman–Crippen LogP) is 3.64. The molecule has 3 rings (SSSR count). The summed E-state index contributed by atoms with van der Waals surface area (Å²) in [5.74, 6) is -0.208. The summed E-state index contributed by atoms with van der Waals surface area (Å²) in [4.78, 5) is 23.7. The summed E-state index contributed by atoms with van der Waals surface area (Å²) in [7, 11) is 0. The first-order valence-electron chi connectivity index (χ1n) is 7.58. The molecule has 4 nitrogen and oxygen atoms in total. The van der Waals surface area contributed by atoms with Crippen molar-refractivity contribution in [2.45, 2.75) is 0 Å². The third-order valence-corrected chi connectivity index (χ3v) is 3.56. The van der Waals surface area contributed by atoms with Crippen molar-refractivity contribution in [3.05, 3.63) is 78.4 Å². The van der Waals surface area contributed by atoms with E-state index in [1.54, 1.807) is 30.3 Å². The molecular formula is C20H16O4. The average molecular weight is 320 g/mol. The Balaban J connectivity index is 1.55. The molecule has 0 aliphatic carbocycles. The fourth-order valence-electron chi connectivity index (χ4n) is 2.35. The van der Waals surface area contributed by atoms with Gasteiger partial charge in [0, 0.05) is 10.9 Å². The molecule has 120 valence electrons. The molecule has 0 aliphatic heterocycles. The van der Waals surface area contributed by atoms with Crippen molar-refractivity contribution in [2.24, 2.45) is 0 Å². The second-order valence-electron chi connectivity index (χ2n) is 5.22. The highest BCUT2D eigenvalue weighted by atomic mass is 16.6. The molecule has 0 unspecified atom stereocenters. The third-order valence-electron chi connectivity index (χ3n) is 3.56. The van der Waals surface area contributed by atoms with Gasteiger partial charge in [0.15, 0.2) is 19.0 Å². The minimum atomic E-state index is -0.577. The van der Waals surface area contributed by atoms with Crippen molar-refractivity contribution in [1.29, 1.82) is 0 Å². The van der Waals surface area contributed by atoms with Crippen molar-refractivity contribution >= 4 is 22.5 Å². The van der Waals surface area contributed by atoms with E-state index in [9.17, 15) is 9.59 Å². The van der Waals surface area contributed by atoms with E-state index < -0.39 is 5.97 Å². The van der Waals surface area contributed by atoms with E-state index in [-0.39, 0.29) is 19.0 Å². The highest BCUT2D eigenvalue weighted by Gasteiger charge is 2.11. The largest absolute Gasteiger partial charge is 0.481 e. The molecule has 0 N–H and O–H groups in total. The van der Waals surface area contributed by atoms with Crippen molar-refractivity contribution in [1.82, 2.24) is 0 Å². The molecule has 0 spiro atoms. The molecule has 0 heterocycles. The molecule has 0 saturated carbocycles. The van der Waals surface area contributed by atoms with Crippen LogP contribution in [0.5, 0.6) is 5.75 Å². The number of rotatable bonds is 6. The molecule has 0 bridgehead atoms. The van der Waals surface area contributed by atoms with Crippen LogP contribution < -0.4 is 4.74 Å². The average Bonchev–Trinajstić information content (AvgIpc) is 2.65. The number of carbonyl (C=O) groups excluding carboxylic acids is 2. The summed E-state index contributed by atoms with van der Waals surface area (Å²) in [6, 6.07) is 22.1. The quantitative estimate of drug-likeness (QED) is 0.514. The molecule has 0 amide bonds. The highest BCUT2D eigenvalue weighted by molar-refractivity contribution is 5.98. The minimum absolute atomic E-state index is 0.240. The summed E-state index contributed by atoms with van der Waals surface area (Å²) >= 11 is 0. The van der Waals surface area contributed by atoms with Gasteiger partial charge in [-0.25, -0.2) is 4.79 Å². The third kappa shape index (κ3) is 3.79. The van der Waals surface area contributed by atoms with Crippen LogP contribution in [-0.2, 0) is 9.53 Å².